The van der Waals surface area contributed by atoms with Crippen molar-refractivity contribution in [2.75, 3.05) is 14.2 Å². The van der Waals surface area contributed by atoms with Gasteiger partial charge >= 0.3 is 0 Å². The molecule has 3 nitrogen and oxygen atoms in total. The third-order valence-corrected chi connectivity index (χ3v) is 9.52. The molecular formula is C39H64O3. The minimum absolute atomic E-state index is 0.0527. The Bertz CT molecular complexity index is 1020. The minimum Gasteiger partial charge on any atom is -0.496 e. The van der Waals surface area contributed by atoms with Crippen molar-refractivity contribution in [3.63, 3.8) is 0 Å². The van der Waals surface area contributed by atoms with Gasteiger partial charge in [0, 0.05) is 11.1 Å². The fourth-order valence-corrected chi connectivity index (χ4v) is 6.68. The van der Waals surface area contributed by atoms with Gasteiger partial charge in [0.2, 0.25) is 0 Å². The van der Waals surface area contributed by atoms with Gasteiger partial charge in [0.05, 0.1) is 14.2 Å². The summed E-state index contributed by atoms with van der Waals surface area (Å²) in [6, 6.07) is 8.63. The zero-order chi connectivity index (χ0) is 31.0. The lowest BCUT2D eigenvalue weighted by atomic mass is 9.74. The van der Waals surface area contributed by atoms with Crippen LogP contribution in [-0.4, -0.2) is 19.3 Å². The SMILES string of the molecule is CCCCCCCCCCCCCCCCCCc1ccc(C(O)(c2c(C)c(OC)c(C)c(C)c2OC)C(C)C)cc1. The molecule has 238 valence electrons. The largest absolute Gasteiger partial charge is 0.496 e. The molecule has 1 atom stereocenters. The van der Waals surface area contributed by atoms with Crippen LogP contribution in [0.1, 0.15) is 157 Å². The summed E-state index contributed by atoms with van der Waals surface area (Å²) < 4.78 is 11.7. The summed E-state index contributed by atoms with van der Waals surface area (Å²) in [5, 5.41) is 12.3. The van der Waals surface area contributed by atoms with Gasteiger partial charge in [0.1, 0.15) is 17.1 Å². The van der Waals surface area contributed by atoms with Crippen LogP contribution < -0.4 is 9.47 Å². The summed E-state index contributed by atoms with van der Waals surface area (Å²) >= 11 is 0. The van der Waals surface area contributed by atoms with E-state index >= 15 is 0 Å². The second-order valence-corrected chi connectivity index (χ2v) is 13.0. The maximum Gasteiger partial charge on any atom is 0.129 e. The maximum absolute atomic E-state index is 12.3. The molecule has 0 spiro atoms. The average molecular weight is 581 g/mol. The van der Waals surface area contributed by atoms with E-state index in [0.29, 0.717) is 0 Å². The lowest BCUT2D eigenvalue weighted by molar-refractivity contribution is 0.0285. The molecule has 0 heterocycles. The van der Waals surface area contributed by atoms with E-state index in [4.69, 9.17) is 9.47 Å². The first-order chi connectivity index (χ1) is 20.2. The van der Waals surface area contributed by atoms with Crippen LogP contribution in [0.4, 0.5) is 0 Å². The van der Waals surface area contributed by atoms with Gasteiger partial charge < -0.3 is 14.6 Å². The van der Waals surface area contributed by atoms with Gasteiger partial charge in [-0.15, -0.1) is 0 Å². The summed E-state index contributed by atoms with van der Waals surface area (Å²) in [4.78, 5) is 0. The predicted octanol–water partition coefficient (Wildman–Crippen LogP) is 11.3. The molecule has 0 fully saturated rings. The molecule has 0 aliphatic carbocycles. The standard InChI is InChI=1S/C39H64O3/c1-9-10-11-12-13-14-15-16-17-18-19-20-21-22-23-24-25-34-26-28-35(29-27-34)39(40,30(2)3)36-33(6)37(41-7)31(4)32(5)38(36)42-8/h26-30,40H,9-25H2,1-8H3. The number of hydrogen-bond donors (Lipinski definition) is 1. The number of aliphatic hydroxyl groups is 1. The highest BCUT2D eigenvalue weighted by molar-refractivity contribution is 5.62. The van der Waals surface area contributed by atoms with Crippen molar-refractivity contribution in [3.05, 3.63) is 57.6 Å². The quantitative estimate of drug-likeness (QED) is 0.141. The lowest BCUT2D eigenvalue weighted by Crippen LogP contribution is -2.35. The molecule has 1 unspecified atom stereocenters. The summed E-state index contributed by atoms with van der Waals surface area (Å²) in [6.07, 6.45) is 23.4. The van der Waals surface area contributed by atoms with Crippen LogP contribution in [0.15, 0.2) is 24.3 Å². The molecule has 0 saturated carbocycles. The number of unbranched alkanes of at least 4 members (excludes halogenated alkanes) is 15. The molecular weight excluding hydrogens is 516 g/mol. The molecule has 0 aromatic heterocycles. The Labute approximate surface area is 259 Å². The first-order valence-electron chi connectivity index (χ1n) is 17.3. The van der Waals surface area contributed by atoms with Crippen molar-refractivity contribution in [2.45, 2.75) is 156 Å². The van der Waals surface area contributed by atoms with Gasteiger partial charge in [-0.2, -0.15) is 0 Å². The smallest absolute Gasteiger partial charge is 0.129 e. The van der Waals surface area contributed by atoms with Gasteiger partial charge in [-0.05, 0) is 61.8 Å². The van der Waals surface area contributed by atoms with Crippen LogP contribution in [-0.2, 0) is 12.0 Å². The summed E-state index contributed by atoms with van der Waals surface area (Å²) in [7, 11) is 3.39. The number of hydrogen-bond acceptors (Lipinski definition) is 3. The van der Waals surface area contributed by atoms with E-state index in [-0.39, 0.29) is 5.92 Å². The number of ether oxygens (including phenoxy) is 2. The summed E-state index contributed by atoms with van der Waals surface area (Å²) in [5.74, 6) is 1.52. The third kappa shape index (κ3) is 10.0. The fraction of sp³-hybridized carbons (Fsp3) is 0.692. The van der Waals surface area contributed by atoms with Crippen molar-refractivity contribution in [1.82, 2.24) is 0 Å². The topological polar surface area (TPSA) is 38.7 Å². The molecule has 42 heavy (non-hydrogen) atoms. The van der Waals surface area contributed by atoms with Crippen molar-refractivity contribution in [1.29, 1.82) is 0 Å². The fourth-order valence-electron chi connectivity index (χ4n) is 6.68. The van der Waals surface area contributed by atoms with Crippen molar-refractivity contribution >= 4 is 0 Å². The Morgan fingerprint density at radius 2 is 1.00 bits per heavy atom. The molecule has 2 aromatic carbocycles. The molecule has 0 aliphatic rings. The third-order valence-electron chi connectivity index (χ3n) is 9.52. The predicted molar refractivity (Wildman–Crippen MR) is 181 cm³/mol. The van der Waals surface area contributed by atoms with Crippen LogP contribution in [0, 0.1) is 26.7 Å². The molecule has 0 bridgehead atoms. The molecule has 0 aliphatic heterocycles. The number of benzene rings is 2. The normalized spacial score (nSPS) is 13.0. The van der Waals surface area contributed by atoms with E-state index in [2.05, 4.69) is 52.0 Å². The zero-order valence-corrected chi connectivity index (χ0v) is 28.7. The second kappa shape index (κ2) is 19.3. The van der Waals surface area contributed by atoms with Gasteiger partial charge in [-0.3, -0.25) is 0 Å². The number of methoxy groups -OCH3 is 2. The maximum atomic E-state index is 12.3. The van der Waals surface area contributed by atoms with Crippen LogP contribution in [0.25, 0.3) is 0 Å². The highest BCUT2D eigenvalue weighted by Crippen LogP contribution is 2.48. The molecule has 0 radical (unpaired) electrons. The first kappa shape index (κ1) is 36.2. The van der Waals surface area contributed by atoms with Crippen molar-refractivity contribution < 1.29 is 14.6 Å². The van der Waals surface area contributed by atoms with Crippen molar-refractivity contribution in [2.24, 2.45) is 5.92 Å². The Morgan fingerprint density at radius 3 is 1.40 bits per heavy atom. The van der Waals surface area contributed by atoms with Crippen LogP contribution in [0.5, 0.6) is 11.5 Å². The van der Waals surface area contributed by atoms with Gasteiger partial charge in [0.15, 0.2) is 0 Å². The monoisotopic (exact) mass is 580 g/mol. The summed E-state index contributed by atoms with van der Waals surface area (Å²) in [5.41, 5.74) is 4.87. The van der Waals surface area contributed by atoms with Crippen molar-refractivity contribution in [3.8, 4) is 11.5 Å². The van der Waals surface area contributed by atoms with Gasteiger partial charge in [0.25, 0.3) is 0 Å². The molecule has 1 N–H and O–H groups in total. The number of rotatable bonds is 22. The summed E-state index contributed by atoms with van der Waals surface area (Å²) in [6.45, 7) is 12.6. The molecule has 3 heteroatoms. The molecule has 2 aromatic rings. The Morgan fingerprint density at radius 1 is 0.595 bits per heavy atom. The van der Waals surface area contributed by atoms with E-state index in [1.54, 1.807) is 14.2 Å². The highest BCUT2D eigenvalue weighted by Gasteiger charge is 2.41. The Hall–Kier alpha value is -2.00. The molecule has 2 rings (SSSR count). The van der Waals surface area contributed by atoms with Crippen LogP contribution in [0.3, 0.4) is 0 Å². The Kier molecular flexibility index (Phi) is 16.6. The highest BCUT2D eigenvalue weighted by atomic mass is 16.5. The van der Waals surface area contributed by atoms with Gasteiger partial charge in [-0.25, -0.2) is 0 Å². The van der Waals surface area contributed by atoms with E-state index < -0.39 is 5.60 Å². The van der Waals surface area contributed by atoms with E-state index in [1.165, 1.54) is 108 Å². The molecule has 0 saturated heterocycles. The number of aryl methyl sites for hydroxylation is 1. The van der Waals surface area contributed by atoms with E-state index in [1.807, 2.05) is 13.8 Å². The van der Waals surface area contributed by atoms with E-state index in [9.17, 15) is 5.11 Å². The lowest BCUT2D eigenvalue weighted by Gasteiger charge is -2.37. The second-order valence-electron chi connectivity index (χ2n) is 13.0. The van der Waals surface area contributed by atoms with Gasteiger partial charge in [-0.1, -0.05) is 141 Å². The van der Waals surface area contributed by atoms with Crippen LogP contribution >= 0.6 is 0 Å². The molecule has 0 amide bonds. The van der Waals surface area contributed by atoms with Crippen LogP contribution in [0.2, 0.25) is 0 Å². The zero-order valence-electron chi connectivity index (χ0n) is 28.7. The Balaban J connectivity index is 1.80. The minimum atomic E-state index is -1.19. The first-order valence-corrected chi connectivity index (χ1v) is 17.3. The average Bonchev–Trinajstić information content (AvgIpc) is 2.98. The van der Waals surface area contributed by atoms with E-state index in [0.717, 1.165) is 45.7 Å².